The highest BCUT2D eigenvalue weighted by Gasteiger charge is 2.34. The first-order chi connectivity index (χ1) is 11.5. The van der Waals surface area contributed by atoms with E-state index in [1.165, 1.54) is 11.1 Å². The Labute approximate surface area is 144 Å². The lowest BCUT2D eigenvalue weighted by molar-refractivity contribution is 0.0796. The highest BCUT2D eigenvalue weighted by atomic mass is 16.3. The van der Waals surface area contributed by atoms with Crippen LogP contribution >= 0.6 is 0 Å². The highest BCUT2D eigenvalue weighted by Crippen LogP contribution is 2.37. The summed E-state index contributed by atoms with van der Waals surface area (Å²) in [4.78, 5) is 0. The van der Waals surface area contributed by atoms with E-state index in [2.05, 4.69) is 45.0 Å². The summed E-state index contributed by atoms with van der Waals surface area (Å²) in [6.07, 6.45) is 0.565. The summed E-state index contributed by atoms with van der Waals surface area (Å²) in [6.45, 7) is 6.23. The van der Waals surface area contributed by atoms with Crippen LogP contribution in [0.1, 0.15) is 33.4 Å². The van der Waals surface area contributed by atoms with Crippen molar-refractivity contribution in [3.63, 3.8) is 0 Å². The van der Waals surface area contributed by atoms with Crippen molar-refractivity contribution in [2.45, 2.75) is 32.8 Å². The van der Waals surface area contributed by atoms with Crippen LogP contribution in [-0.2, 0) is 12.0 Å². The van der Waals surface area contributed by atoms with Crippen LogP contribution in [0.25, 0.3) is 0 Å². The van der Waals surface area contributed by atoms with Crippen LogP contribution in [0, 0.1) is 20.8 Å². The van der Waals surface area contributed by atoms with Crippen LogP contribution in [0.2, 0.25) is 0 Å². The molecular formula is C23H24O. The zero-order valence-electron chi connectivity index (χ0n) is 14.6. The molecule has 122 valence electrons. The Hall–Kier alpha value is -2.38. The molecule has 3 aromatic carbocycles. The monoisotopic (exact) mass is 316 g/mol. The van der Waals surface area contributed by atoms with Gasteiger partial charge in [0, 0.05) is 6.42 Å². The third-order valence-corrected chi connectivity index (χ3v) is 4.89. The average molecular weight is 316 g/mol. The molecular weight excluding hydrogens is 292 g/mol. The molecule has 0 aliphatic rings. The van der Waals surface area contributed by atoms with Crippen molar-refractivity contribution in [3.8, 4) is 0 Å². The van der Waals surface area contributed by atoms with Gasteiger partial charge < -0.3 is 5.11 Å². The van der Waals surface area contributed by atoms with E-state index in [1.54, 1.807) is 0 Å². The second kappa shape index (κ2) is 6.62. The maximum absolute atomic E-state index is 11.9. The Morgan fingerprint density at radius 1 is 0.625 bits per heavy atom. The minimum absolute atomic E-state index is 0.565. The molecule has 0 spiro atoms. The number of aryl methyl sites for hydroxylation is 3. The summed E-state index contributed by atoms with van der Waals surface area (Å²) in [5.74, 6) is 0. The predicted molar refractivity (Wildman–Crippen MR) is 100 cm³/mol. The molecule has 0 amide bonds. The minimum Gasteiger partial charge on any atom is -0.380 e. The topological polar surface area (TPSA) is 20.2 Å². The van der Waals surface area contributed by atoms with Gasteiger partial charge in [-0.2, -0.15) is 0 Å². The molecule has 0 saturated carbocycles. The molecule has 3 rings (SSSR count). The predicted octanol–water partition coefficient (Wildman–Crippen LogP) is 5.09. The van der Waals surface area contributed by atoms with E-state index in [9.17, 15) is 5.11 Å². The second-order valence-electron chi connectivity index (χ2n) is 6.59. The second-order valence-corrected chi connectivity index (χ2v) is 6.59. The molecule has 1 nitrogen and oxygen atoms in total. The van der Waals surface area contributed by atoms with Gasteiger partial charge in [0.15, 0.2) is 0 Å². The van der Waals surface area contributed by atoms with Crippen LogP contribution in [0.5, 0.6) is 0 Å². The largest absolute Gasteiger partial charge is 0.380 e. The van der Waals surface area contributed by atoms with Gasteiger partial charge >= 0.3 is 0 Å². The van der Waals surface area contributed by atoms with E-state index < -0.39 is 5.60 Å². The van der Waals surface area contributed by atoms with Gasteiger partial charge in [-0.1, -0.05) is 72.8 Å². The third kappa shape index (κ3) is 3.00. The molecule has 0 bridgehead atoms. The summed E-state index contributed by atoms with van der Waals surface area (Å²) in [5.41, 5.74) is 5.51. The smallest absolute Gasteiger partial charge is 0.119 e. The quantitative estimate of drug-likeness (QED) is 0.711. The molecule has 0 atom stereocenters. The van der Waals surface area contributed by atoms with Gasteiger partial charge in [0.05, 0.1) is 0 Å². The third-order valence-electron chi connectivity index (χ3n) is 4.89. The Kier molecular flexibility index (Phi) is 4.55. The van der Waals surface area contributed by atoms with Gasteiger partial charge in [0.1, 0.15) is 5.60 Å². The minimum atomic E-state index is -1.04. The fourth-order valence-corrected chi connectivity index (χ4v) is 3.49. The summed E-state index contributed by atoms with van der Waals surface area (Å²) >= 11 is 0. The zero-order valence-corrected chi connectivity index (χ0v) is 14.6. The molecule has 0 heterocycles. The van der Waals surface area contributed by atoms with Crippen LogP contribution < -0.4 is 0 Å². The van der Waals surface area contributed by atoms with Gasteiger partial charge in [-0.25, -0.2) is 0 Å². The van der Waals surface area contributed by atoms with Crippen LogP contribution in [0.3, 0.4) is 0 Å². The lowest BCUT2D eigenvalue weighted by atomic mass is 9.77. The van der Waals surface area contributed by atoms with Crippen molar-refractivity contribution in [2.24, 2.45) is 0 Å². The lowest BCUT2D eigenvalue weighted by Crippen LogP contribution is -2.32. The molecule has 3 aromatic rings. The molecule has 0 fully saturated rings. The van der Waals surface area contributed by atoms with Crippen molar-refractivity contribution in [2.75, 3.05) is 0 Å². The van der Waals surface area contributed by atoms with Crippen molar-refractivity contribution >= 4 is 0 Å². The molecule has 1 N–H and O–H groups in total. The summed E-state index contributed by atoms with van der Waals surface area (Å²) < 4.78 is 0. The zero-order chi connectivity index (χ0) is 17.2. The average Bonchev–Trinajstić information content (AvgIpc) is 2.57. The lowest BCUT2D eigenvalue weighted by Gasteiger charge is -2.33. The molecule has 1 heteroatoms. The van der Waals surface area contributed by atoms with Crippen LogP contribution in [0.15, 0.2) is 72.8 Å². The van der Waals surface area contributed by atoms with Crippen molar-refractivity contribution < 1.29 is 5.11 Å². The number of hydrogen-bond donors (Lipinski definition) is 1. The Balaban J connectivity index is 2.20. The van der Waals surface area contributed by atoms with Crippen molar-refractivity contribution in [1.82, 2.24) is 0 Å². The number of aliphatic hydroxyl groups is 1. The van der Waals surface area contributed by atoms with Gasteiger partial charge in [-0.15, -0.1) is 0 Å². The van der Waals surface area contributed by atoms with Crippen molar-refractivity contribution in [3.05, 3.63) is 106 Å². The SMILES string of the molecule is Cc1ccccc1CC(O)(c1ccccc1C)c1ccccc1C. The summed E-state index contributed by atoms with van der Waals surface area (Å²) in [5, 5.41) is 11.9. The Morgan fingerprint density at radius 3 is 1.50 bits per heavy atom. The molecule has 0 aliphatic heterocycles. The maximum atomic E-state index is 11.9. The standard InChI is InChI=1S/C23H24O/c1-17-10-4-7-13-20(17)16-23(24,21-14-8-5-11-18(21)2)22-15-9-6-12-19(22)3/h4-15,24H,16H2,1-3H3. The van der Waals surface area contributed by atoms with E-state index in [-0.39, 0.29) is 0 Å². The van der Waals surface area contributed by atoms with E-state index in [1.807, 2.05) is 48.5 Å². The first-order valence-electron chi connectivity index (χ1n) is 8.41. The maximum Gasteiger partial charge on any atom is 0.119 e. The summed E-state index contributed by atoms with van der Waals surface area (Å²) in [6, 6.07) is 24.6. The van der Waals surface area contributed by atoms with Gasteiger partial charge in [0.2, 0.25) is 0 Å². The van der Waals surface area contributed by atoms with Crippen molar-refractivity contribution in [1.29, 1.82) is 0 Å². The number of hydrogen-bond acceptors (Lipinski definition) is 1. The summed E-state index contributed by atoms with van der Waals surface area (Å²) in [7, 11) is 0. The molecule has 0 unspecified atom stereocenters. The first-order valence-corrected chi connectivity index (χ1v) is 8.41. The van der Waals surface area contributed by atoms with Crippen LogP contribution in [0.4, 0.5) is 0 Å². The van der Waals surface area contributed by atoms with E-state index in [4.69, 9.17) is 0 Å². The highest BCUT2D eigenvalue weighted by molar-refractivity contribution is 5.46. The molecule has 0 aliphatic carbocycles. The van der Waals surface area contributed by atoms with Gasteiger partial charge in [-0.3, -0.25) is 0 Å². The van der Waals surface area contributed by atoms with E-state index in [0.717, 1.165) is 22.3 Å². The fraction of sp³-hybridized carbons (Fsp3) is 0.217. The fourth-order valence-electron chi connectivity index (χ4n) is 3.49. The molecule has 24 heavy (non-hydrogen) atoms. The van der Waals surface area contributed by atoms with E-state index >= 15 is 0 Å². The Morgan fingerprint density at radius 2 is 1.04 bits per heavy atom. The van der Waals surface area contributed by atoms with E-state index in [0.29, 0.717) is 6.42 Å². The van der Waals surface area contributed by atoms with Gasteiger partial charge in [0.25, 0.3) is 0 Å². The number of rotatable bonds is 4. The molecule has 0 aromatic heterocycles. The van der Waals surface area contributed by atoms with Crippen LogP contribution in [-0.4, -0.2) is 5.11 Å². The van der Waals surface area contributed by atoms with Gasteiger partial charge in [-0.05, 0) is 54.2 Å². The first kappa shape index (κ1) is 16.5. The Bertz CT molecular complexity index is 802. The molecule has 0 radical (unpaired) electrons. The normalized spacial score (nSPS) is 11.5. The number of benzene rings is 3. The molecule has 0 saturated heterocycles.